The van der Waals surface area contributed by atoms with Gasteiger partial charge in [-0.15, -0.1) is 0 Å². The van der Waals surface area contributed by atoms with E-state index < -0.39 is 10.5 Å². The molecule has 1 aromatic rings. The summed E-state index contributed by atoms with van der Waals surface area (Å²) in [7, 11) is 0. The average Bonchev–Trinajstić information content (AvgIpc) is 2.46. The molecule has 1 amide bonds. The lowest BCUT2D eigenvalue weighted by atomic mass is 9.94. The molecule has 0 unspecified atom stereocenters. The number of nitrogens with two attached hydrogens (primary N) is 1. The van der Waals surface area contributed by atoms with Gasteiger partial charge in [-0.25, -0.2) is 0 Å². The van der Waals surface area contributed by atoms with E-state index >= 15 is 0 Å². The lowest BCUT2D eigenvalue weighted by Crippen LogP contribution is -2.49. The lowest BCUT2D eigenvalue weighted by Gasteiger charge is -2.26. The molecule has 21 heavy (non-hydrogen) atoms. The van der Waals surface area contributed by atoms with E-state index in [-0.39, 0.29) is 23.0 Å². The van der Waals surface area contributed by atoms with Crippen molar-refractivity contribution in [3.05, 3.63) is 38.9 Å². The van der Waals surface area contributed by atoms with Crippen LogP contribution >= 0.6 is 11.6 Å². The van der Waals surface area contributed by atoms with Crippen LogP contribution in [0.5, 0.6) is 0 Å². The molecule has 0 aromatic heterocycles. The predicted molar refractivity (Wildman–Crippen MR) is 82.3 cm³/mol. The molecule has 0 heterocycles. The van der Waals surface area contributed by atoms with Gasteiger partial charge >= 0.3 is 0 Å². The van der Waals surface area contributed by atoms with Crippen molar-refractivity contribution in [2.75, 3.05) is 6.54 Å². The highest BCUT2D eigenvalue weighted by atomic mass is 35.5. The molecule has 116 valence electrons. The van der Waals surface area contributed by atoms with Crippen LogP contribution in [0.1, 0.15) is 32.3 Å². The summed E-state index contributed by atoms with van der Waals surface area (Å²) >= 11 is 5.95. The number of hydrogen-bond acceptors (Lipinski definition) is 4. The maximum atomic E-state index is 11.9. The number of carbonyl (C=O) groups excluding carboxylic acids is 1. The molecule has 0 atom stereocenters. The number of non-ortho nitro benzene ring substituents is 1. The van der Waals surface area contributed by atoms with Gasteiger partial charge in [0, 0.05) is 24.2 Å². The Kier molecular flexibility index (Phi) is 6.11. The molecule has 1 aromatic carbocycles. The highest BCUT2D eigenvalue weighted by Crippen LogP contribution is 2.22. The maximum absolute atomic E-state index is 11.9. The van der Waals surface area contributed by atoms with E-state index in [9.17, 15) is 14.9 Å². The van der Waals surface area contributed by atoms with E-state index in [4.69, 9.17) is 17.3 Å². The molecule has 3 N–H and O–H groups in total. The quantitative estimate of drug-likeness (QED) is 0.596. The number of rotatable bonds is 7. The van der Waals surface area contributed by atoms with Crippen molar-refractivity contribution in [2.45, 2.75) is 38.6 Å². The Morgan fingerprint density at radius 2 is 2.05 bits per heavy atom. The Balaban J connectivity index is 2.65. The molecule has 0 saturated heterocycles. The Morgan fingerprint density at radius 3 is 2.52 bits per heavy atom. The van der Waals surface area contributed by atoms with Gasteiger partial charge in [0.25, 0.3) is 5.69 Å². The summed E-state index contributed by atoms with van der Waals surface area (Å²) in [5.41, 5.74) is 6.15. The van der Waals surface area contributed by atoms with Crippen LogP contribution in [0, 0.1) is 10.1 Å². The summed E-state index contributed by atoms with van der Waals surface area (Å²) in [6.45, 7) is 4.34. The third-order valence-electron chi connectivity index (χ3n) is 3.64. The normalized spacial score (nSPS) is 11.2. The average molecular weight is 314 g/mol. The van der Waals surface area contributed by atoms with Crippen LogP contribution in [0.3, 0.4) is 0 Å². The summed E-state index contributed by atoms with van der Waals surface area (Å²) < 4.78 is 0. The molecule has 0 aliphatic carbocycles. The number of benzene rings is 1. The molecule has 0 aliphatic rings. The first kappa shape index (κ1) is 17.4. The first-order valence-electron chi connectivity index (χ1n) is 6.79. The summed E-state index contributed by atoms with van der Waals surface area (Å²) in [6.07, 6.45) is 1.60. The van der Waals surface area contributed by atoms with Crippen molar-refractivity contribution in [2.24, 2.45) is 5.73 Å². The van der Waals surface area contributed by atoms with Crippen LogP contribution in [0.4, 0.5) is 5.69 Å². The molecule has 0 aliphatic heterocycles. The highest BCUT2D eigenvalue weighted by Gasteiger charge is 2.21. The molecule has 0 bridgehead atoms. The molecular formula is C14H20ClN3O3. The van der Waals surface area contributed by atoms with Crippen LogP contribution in [0.2, 0.25) is 5.02 Å². The summed E-state index contributed by atoms with van der Waals surface area (Å²) in [4.78, 5) is 22.0. The van der Waals surface area contributed by atoms with Crippen molar-refractivity contribution >= 4 is 23.2 Å². The second-order valence-corrected chi connectivity index (χ2v) is 5.46. The zero-order chi connectivity index (χ0) is 16.0. The smallest absolute Gasteiger partial charge is 0.270 e. The fourth-order valence-electron chi connectivity index (χ4n) is 1.80. The number of nitro benzene ring substituents is 1. The Labute approximate surface area is 128 Å². The van der Waals surface area contributed by atoms with E-state index in [1.807, 2.05) is 13.8 Å². The number of hydrogen-bond donors (Lipinski definition) is 2. The number of nitrogens with zero attached hydrogens (tertiary/aromatic N) is 1. The van der Waals surface area contributed by atoms with Gasteiger partial charge in [-0.05, 0) is 18.4 Å². The van der Waals surface area contributed by atoms with Crippen LogP contribution in [0.15, 0.2) is 18.2 Å². The van der Waals surface area contributed by atoms with Gasteiger partial charge in [-0.3, -0.25) is 14.9 Å². The molecule has 0 fully saturated rings. The second kappa shape index (κ2) is 7.38. The Bertz CT molecular complexity index is 530. The second-order valence-electron chi connectivity index (χ2n) is 5.06. The van der Waals surface area contributed by atoms with Crippen molar-refractivity contribution < 1.29 is 9.72 Å². The number of nitrogens with one attached hydrogen (secondary N) is 1. The predicted octanol–water partition coefficient (Wildman–Crippen LogP) is 2.42. The third kappa shape index (κ3) is 4.99. The van der Waals surface area contributed by atoms with E-state index in [1.54, 1.807) is 0 Å². The molecule has 1 rings (SSSR count). The van der Waals surface area contributed by atoms with Gasteiger partial charge in [0.05, 0.1) is 16.4 Å². The zero-order valence-electron chi connectivity index (χ0n) is 12.2. The maximum Gasteiger partial charge on any atom is 0.270 e. The molecule has 0 radical (unpaired) electrons. The molecular weight excluding hydrogens is 294 g/mol. The van der Waals surface area contributed by atoms with E-state index in [1.165, 1.54) is 18.2 Å². The minimum atomic E-state index is -0.527. The van der Waals surface area contributed by atoms with Gasteiger partial charge < -0.3 is 11.1 Å². The summed E-state index contributed by atoms with van der Waals surface area (Å²) in [5.74, 6) is -0.206. The van der Waals surface area contributed by atoms with Crippen LogP contribution < -0.4 is 11.1 Å². The van der Waals surface area contributed by atoms with Crippen LogP contribution in [0.25, 0.3) is 0 Å². The topological polar surface area (TPSA) is 98.3 Å². The van der Waals surface area contributed by atoms with Gasteiger partial charge in [0.1, 0.15) is 0 Å². The van der Waals surface area contributed by atoms with E-state index in [0.717, 1.165) is 12.8 Å². The number of amides is 1. The molecule has 6 nitrogen and oxygen atoms in total. The van der Waals surface area contributed by atoms with Crippen molar-refractivity contribution in [3.63, 3.8) is 0 Å². The fraction of sp³-hybridized carbons (Fsp3) is 0.500. The minimum absolute atomic E-state index is 0.0698. The first-order valence-corrected chi connectivity index (χ1v) is 7.17. The van der Waals surface area contributed by atoms with Gasteiger partial charge in [-0.2, -0.15) is 0 Å². The van der Waals surface area contributed by atoms with Gasteiger partial charge in [-0.1, -0.05) is 31.5 Å². The largest absolute Gasteiger partial charge is 0.354 e. The number of carbonyl (C=O) groups is 1. The van der Waals surface area contributed by atoms with E-state index in [0.29, 0.717) is 12.1 Å². The molecule has 0 saturated carbocycles. The van der Waals surface area contributed by atoms with Crippen molar-refractivity contribution in [1.82, 2.24) is 5.32 Å². The van der Waals surface area contributed by atoms with Gasteiger partial charge in [0.15, 0.2) is 0 Å². The highest BCUT2D eigenvalue weighted by molar-refractivity contribution is 6.31. The monoisotopic (exact) mass is 313 g/mol. The minimum Gasteiger partial charge on any atom is -0.354 e. The van der Waals surface area contributed by atoms with Crippen LogP contribution in [-0.2, 0) is 11.2 Å². The first-order chi connectivity index (χ1) is 9.81. The standard InChI is InChI=1S/C14H20ClN3O3/c1-3-14(16,4-2)9-17-13(19)7-10-5-6-11(18(20)21)8-12(10)15/h5-6,8H,3-4,7,9,16H2,1-2H3,(H,17,19). The van der Waals surface area contributed by atoms with E-state index in [2.05, 4.69) is 5.32 Å². The molecule has 0 spiro atoms. The summed E-state index contributed by atoms with van der Waals surface area (Å²) in [5, 5.41) is 13.6. The summed E-state index contributed by atoms with van der Waals surface area (Å²) in [6, 6.07) is 4.07. The van der Waals surface area contributed by atoms with Crippen LogP contribution in [-0.4, -0.2) is 22.9 Å². The Hall–Kier alpha value is -1.66. The van der Waals surface area contributed by atoms with Crippen molar-refractivity contribution in [3.8, 4) is 0 Å². The third-order valence-corrected chi connectivity index (χ3v) is 4.00. The van der Waals surface area contributed by atoms with Crippen molar-refractivity contribution in [1.29, 1.82) is 0 Å². The zero-order valence-corrected chi connectivity index (χ0v) is 12.9. The molecule has 7 heteroatoms. The SMILES string of the molecule is CCC(N)(CC)CNC(=O)Cc1ccc([N+](=O)[O-])cc1Cl. The number of nitro groups is 1. The Morgan fingerprint density at radius 1 is 1.43 bits per heavy atom. The lowest BCUT2D eigenvalue weighted by molar-refractivity contribution is -0.384. The number of halogens is 1. The fourth-order valence-corrected chi connectivity index (χ4v) is 2.04. The van der Waals surface area contributed by atoms with Gasteiger partial charge in [0.2, 0.25) is 5.91 Å².